The van der Waals surface area contributed by atoms with Crippen LogP contribution in [0, 0.1) is 0 Å². The molecule has 7 nitrogen and oxygen atoms in total. The van der Waals surface area contributed by atoms with Crippen LogP contribution in [-0.2, 0) is 14.8 Å². The van der Waals surface area contributed by atoms with Gasteiger partial charge in [-0.3, -0.25) is 4.79 Å². The van der Waals surface area contributed by atoms with Gasteiger partial charge in [0.05, 0.1) is 12.2 Å². The molecule has 1 amide bonds. The van der Waals surface area contributed by atoms with E-state index >= 15 is 0 Å². The number of nitrogens with one attached hydrogen (secondary N) is 1. The Labute approximate surface area is 168 Å². The van der Waals surface area contributed by atoms with Crippen LogP contribution in [0.2, 0.25) is 0 Å². The zero-order chi connectivity index (χ0) is 20.1. The minimum Gasteiger partial charge on any atom is -0.462 e. The lowest BCUT2D eigenvalue weighted by Gasteiger charge is -2.25. The minimum absolute atomic E-state index is 0.0417. The first-order valence-electron chi connectivity index (χ1n) is 9.09. The smallest absolute Gasteiger partial charge is 0.338 e. The minimum atomic E-state index is -3.69. The van der Waals surface area contributed by atoms with E-state index < -0.39 is 21.9 Å². The number of benzene rings is 1. The fourth-order valence-corrected chi connectivity index (χ4v) is 5.82. The zero-order valence-corrected chi connectivity index (χ0v) is 17.1. The number of sulfonamides is 1. The first-order valence-corrected chi connectivity index (χ1v) is 11.4. The summed E-state index contributed by atoms with van der Waals surface area (Å²) in [5.41, 5.74) is 0.845. The quantitative estimate of drug-likeness (QED) is 0.721. The van der Waals surface area contributed by atoms with Crippen molar-refractivity contribution in [3.8, 4) is 0 Å². The molecule has 0 unspecified atom stereocenters. The van der Waals surface area contributed by atoms with Gasteiger partial charge in [-0.2, -0.15) is 4.31 Å². The summed E-state index contributed by atoms with van der Waals surface area (Å²) >= 11 is 1.09. The Morgan fingerprint density at radius 2 is 1.79 bits per heavy atom. The lowest BCUT2D eigenvalue weighted by Crippen LogP contribution is -2.36. The van der Waals surface area contributed by atoms with Crippen LogP contribution >= 0.6 is 11.3 Å². The van der Waals surface area contributed by atoms with Gasteiger partial charge < -0.3 is 10.1 Å². The van der Waals surface area contributed by atoms with Crippen molar-refractivity contribution in [1.29, 1.82) is 0 Å². The van der Waals surface area contributed by atoms with Crippen LogP contribution < -0.4 is 5.32 Å². The summed E-state index contributed by atoms with van der Waals surface area (Å²) in [5, 5.41) is 4.30. The monoisotopic (exact) mass is 422 g/mol. The Bertz CT molecular complexity index is 945. The van der Waals surface area contributed by atoms with E-state index in [9.17, 15) is 18.0 Å². The molecule has 1 aliphatic heterocycles. The van der Waals surface area contributed by atoms with Crippen LogP contribution in [-0.4, -0.2) is 44.3 Å². The molecule has 0 aliphatic carbocycles. The van der Waals surface area contributed by atoms with E-state index in [2.05, 4.69) is 5.32 Å². The number of nitrogens with zero attached hydrogens (tertiary/aromatic N) is 1. The molecule has 1 saturated heterocycles. The van der Waals surface area contributed by atoms with Crippen molar-refractivity contribution in [1.82, 2.24) is 4.31 Å². The number of ether oxygens (including phenoxy) is 1. The lowest BCUT2D eigenvalue weighted by atomic mass is 10.2. The summed E-state index contributed by atoms with van der Waals surface area (Å²) in [6.07, 6.45) is 2.68. The molecule has 1 fully saturated rings. The Morgan fingerprint density at radius 3 is 2.43 bits per heavy atom. The van der Waals surface area contributed by atoms with Gasteiger partial charge in [0.1, 0.15) is 9.77 Å². The van der Waals surface area contributed by atoms with E-state index in [1.165, 1.54) is 10.4 Å². The predicted octanol–water partition coefficient (Wildman–Crippen LogP) is 3.35. The number of hydrogen-bond donors (Lipinski definition) is 1. The number of carbonyl (C=O) groups is 2. The lowest BCUT2D eigenvalue weighted by molar-refractivity contribution is 0.0526. The number of carbonyl (C=O) groups excluding carboxylic acids is 2. The molecule has 2 heterocycles. The number of anilines is 1. The van der Waals surface area contributed by atoms with Gasteiger partial charge in [0, 0.05) is 18.8 Å². The normalized spacial score (nSPS) is 15.2. The number of esters is 1. The molecule has 0 spiro atoms. The molecule has 150 valence electrons. The van der Waals surface area contributed by atoms with Gasteiger partial charge in [-0.05, 0) is 55.5 Å². The molecule has 1 aromatic heterocycles. The molecular formula is C19H22N2O5S2. The molecule has 9 heteroatoms. The summed E-state index contributed by atoms with van der Waals surface area (Å²) < 4.78 is 32.2. The average molecular weight is 423 g/mol. The average Bonchev–Trinajstić information content (AvgIpc) is 3.20. The Balaban J connectivity index is 1.75. The second kappa shape index (κ2) is 8.85. The van der Waals surface area contributed by atoms with Gasteiger partial charge in [-0.25, -0.2) is 13.2 Å². The molecule has 0 saturated carbocycles. The Morgan fingerprint density at radius 1 is 1.11 bits per heavy atom. The van der Waals surface area contributed by atoms with E-state index in [0.717, 1.165) is 30.6 Å². The first-order chi connectivity index (χ1) is 13.4. The van der Waals surface area contributed by atoms with Crippen molar-refractivity contribution in [3.63, 3.8) is 0 Å². The maximum Gasteiger partial charge on any atom is 0.338 e. The maximum absolute atomic E-state index is 12.9. The number of rotatable bonds is 6. The standard InChI is InChI=1S/C19H22N2O5S2/c1-2-26-19(23)14-6-8-15(9-7-14)20-18(22)17-16(10-13-27-17)28(24,25)21-11-4-3-5-12-21/h6-10,13H,2-5,11-12H2,1H3,(H,20,22). The second-order valence-corrected chi connectivity index (χ2v) is 9.15. The highest BCUT2D eigenvalue weighted by molar-refractivity contribution is 7.89. The molecule has 28 heavy (non-hydrogen) atoms. The van der Waals surface area contributed by atoms with Gasteiger partial charge in [-0.1, -0.05) is 6.42 Å². The van der Waals surface area contributed by atoms with Crippen LogP contribution in [0.3, 0.4) is 0 Å². The molecule has 1 N–H and O–H groups in total. The molecule has 3 rings (SSSR count). The summed E-state index contributed by atoms with van der Waals surface area (Å²) in [6.45, 7) is 2.97. The van der Waals surface area contributed by atoms with Crippen molar-refractivity contribution in [3.05, 3.63) is 46.2 Å². The van der Waals surface area contributed by atoms with Crippen LogP contribution in [0.15, 0.2) is 40.6 Å². The summed E-state index contributed by atoms with van der Waals surface area (Å²) in [7, 11) is -3.69. The first kappa shape index (κ1) is 20.5. The van der Waals surface area contributed by atoms with Crippen molar-refractivity contribution in [2.24, 2.45) is 0 Å². The highest BCUT2D eigenvalue weighted by Crippen LogP contribution is 2.28. The van der Waals surface area contributed by atoms with Gasteiger partial charge in [0.2, 0.25) is 10.0 Å². The van der Waals surface area contributed by atoms with Gasteiger partial charge in [0.15, 0.2) is 0 Å². The molecule has 2 aromatic rings. The van der Waals surface area contributed by atoms with Crippen molar-refractivity contribution in [2.45, 2.75) is 31.1 Å². The molecule has 1 aromatic carbocycles. The summed E-state index contributed by atoms with van der Waals surface area (Å²) in [4.78, 5) is 24.6. The SMILES string of the molecule is CCOC(=O)c1ccc(NC(=O)c2sccc2S(=O)(=O)N2CCCCC2)cc1. The fourth-order valence-electron chi connectivity index (χ4n) is 3.00. The highest BCUT2D eigenvalue weighted by atomic mass is 32.2. The topological polar surface area (TPSA) is 92.8 Å². The van der Waals surface area contributed by atoms with Crippen LogP contribution in [0.5, 0.6) is 0 Å². The van der Waals surface area contributed by atoms with Gasteiger partial charge in [0.25, 0.3) is 5.91 Å². The molecule has 0 radical (unpaired) electrons. The van der Waals surface area contributed by atoms with E-state index in [4.69, 9.17) is 4.74 Å². The van der Waals surface area contributed by atoms with Crippen molar-refractivity contribution < 1.29 is 22.7 Å². The Hall–Kier alpha value is -2.23. The van der Waals surface area contributed by atoms with Gasteiger partial charge >= 0.3 is 5.97 Å². The predicted molar refractivity (Wildman–Crippen MR) is 107 cm³/mol. The number of hydrogen-bond acceptors (Lipinski definition) is 6. The third-order valence-electron chi connectivity index (χ3n) is 4.42. The molecule has 0 bridgehead atoms. The number of amides is 1. The molecule has 1 aliphatic rings. The van der Waals surface area contributed by atoms with E-state index in [1.807, 2.05) is 0 Å². The third kappa shape index (κ3) is 4.43. The third-order valence-corrected chi connectivity index (χ3v) is 7.41. The van der Waals surface area contributed by atoms with E-state index in [0.29, 0.717) is 24.3 Å². The van der Waals surface area contributed by atoms with E-state index in [-0.39, 0.29) is 16.4 Å². The zero-order valence-electron chi connectivity index (χ0n) is 15.5. The largest absolute Gasteiger partial charge is 0.462 e. The molecular weight excluding hydrogens is 400 g/mol. The van der Waals surface area contributed by atoms with Gasteiger partial charge in [-0.15, -0.1) is 11.3 Å². The number of piperidine rings is 1. The van der Waals surface area contributed by atoms with Crippen LogP contribution in [0.4, 0.5) is 5.69 Å². The maximum atomic E-state index is 12.9. The van der Waals surface area contributed by atoms with Crippen molar-refractivity contribution >= 4 is 38.9 Å². The van der Waals surface area contributed by atoms with Crippen LogP contribution in [0.1, 0.15) is 46.2 Å². The fraction of sp³-hybridized carbons (Fsp3) is 0.368. The second-order valence-electron chi connectivity index (χ2n) is 6.33. The van der Waals surface area contributed by atoms with E-state index in [1.54, 1.807) is 36.6 Å². The van der Waals surface area contributed by atoms with Crippen molar-refractivity contribution in [2.75, 3.05) is 25.0 Å². The highest BCUT2D eigenvalue weighted by Gasteiger charge is 2.31. The van der Waals surface area contributed by atoms with Crippen LogP contribution in [0.25, 0.3) is 0 Å². The Kier molecular flexibility index (Phi) is 6.48. The number of thiophene rings is 1. The molecule has 0 atom stereocenters. The summed E-state index contributed by atoms with van der Waals surface area (Å²) in [5.74, 6) is -0.928. The summed E-state index contributed by atoms with van der Waals surface area (Å²) in [6, 6.07) is 7.74.